The monoisotopic (exact) mass is 372 g/mol. The van der Waals surface area contributed by atoms with Gasteiger partial charge in [0.05, 0.1) is 18.0 Å². The second-order valence-corrected chi connectivity index (χ2v) is 7.64. The standard InChI is InChI=1S/C18H16N2O3S2/c1-13-6-7-14(10-17(13)20(22)23)18(21)19(11-15-4-2-8-24-15)12-16-5-3-9-25-16/h2-10H,11-12H2,1H3. The molecule has 5 nitrogen and oxygen atoms in total. The van der Waals surface area contributed by atoms with Gasteiger partial charge in [-0.1, -0.05) is 18.2 Å². The molecule has 0 aliphatic carbocycles. The van der Waals surface area contributed by atoms with Crippen LogP contribution in [0.15, 0.2) is 53.2 Å². The number of thiophene rings is 2. The van der Waals surface area contributed by atoms with Gasteiger partial charge in [0.15, 0.2) is 0 Å². The largest absolute Gasteiger partial charge is 0.328 e. The van der Waals surface area contributed by atoms with E-state index in [0.717, 1.165) is 9.75 Å². The molecule has 2 aromatic heterocycles. The summed E-state index contributed by atoms with van der Waals surface area (Å²) in [7, 11) is 0. The van der Waals surface area contributed by atoms with Crippen LogP contribution in [0, 0.1) is 17.0 Å². The van der Waals surface area contributed by atoms with E-state index >= 15 is 0 Å². The van der Waals surface area contributed by atoms with Gasteiger partial charge in [-0.05, 0) is 35.9 Å². The lowest BCUT2D eigenvalue weighted by Crippen LogP contribution is -2.29. The number of benzene rings is 1. The van der Waals surface area contributed by atoms with E-state index in [0.29, 0.717) is 24.2 Å². The van der Waals surface area contributed by atoms with E-state index in [4.69, 9.17) is 0 Å². The lowest BCUT2D eigenvalue weighted by Gasteiger charge is -2.21. The molecule has 0 atom stereocenters. The molecule has 128 valence electrons. The fraction of sp³-hybridized carbons (Fsp3) is 0.167. The van der Waals surface area contributed by atoms with Gasteiger partial charge < -0.3 is 4.90 Å². The summed E-state index contributed by atoms with van der Waals surface area (Å²) in [4.78, 5) is 27.6. The van der Waals surface area contributed by atoms with Crippen molar-refractivity contribution in [2.24, 2.45) is 0 Å². The Kier molecular flexibility index (Phi) is 5.25. The molecule has 3 aromatic rings. The van der Waals surface area contributed by atoms with Gasteiger partial charge >= 0.3 is 0 Å². The highest BCUT2D eigenvalue weighted by Gasteiger charge is 2.21. The van der Waals surface area contributed by atoms with E-state index in [1.165, 1.54) is 6.07 Å². The zero-order valence-corrected chi connectivity index (χ0v) is 15.2. The summed E-state index contributed by atoms with van der Waals surface area (Å²) in [6.07, 6.45) is 0. The minimum Gasteiger partial charge on any atom is -0.328 e. The predicted octanol–water partition coefficient (Wildman–Crippen LogP) is 4.87. The van der Waals surface area contributed by atoms with Crippen molar-refractivity contribution in [2.45, 2.75) is 20.0 Å². The van der Waals surface area contributed by atoms with E-state index in [1.807, 2.05) is 35.0 Å². The zero-order chi connectivity index (χ0) is 17.8. The predicted molar refractivity (Wildman–Crippen MR) is 100 cm³/mol. The SMILES string of the molecule is Cc1ccc(C(=O)N(Cc2cccs2)Cc2cccs2)cc1[N+](=O)[O-]. The van der Waals surface area contributed by atoms with Crippen LogP contribution in [0.1, 0.15) is 25.7 Å². The summed E-state index contributed by atoms with van der Waals surface area (Å²) in [5, 5.41) is 15.1. The van der Waals surface area contributed by atoms with Gasteiger partial charge in [0.2, 0.25) is 0 Å². The molecule has 0 radical (unpaired) electrons. The Labute approximate surface area is 153 Å². The first-order valence-electron chi connectivity index (χ1n) is 7.63. The quantitative estimate of drug-likeness (QED) is 0.458. The first-order chi connectivity index (χ1) is 12.0. The van der Waals surface area contributed by atoms with Crippen LogP contribution in [-0.2, 0) is 13.1 Å². The van der Waals surface area contributed by atoms with E-state index < -0.39 is 4.92 Å². The number of nitrogens with zero attached hydrogens (tertiary/aromatic N) is 2. The summed E-state index contributed by atoms with van der Waals surface area (Å²) in [6, 6.07) is 12.5. The van der Waals surface area contributed by atoms with Gasteiger partial charge in [-0.15, -0.1) is 22.7 Å². The van der Waals surface area contributed by atoms with E-state index in [9.17, 15) is 14.9 Å². The fourth-order valence-corrected chi connectivity index (χ4v) is 3.94. The van der Waals surface area contributed by atoms with Crippen molar-refractivity contribution in [3.8, 4) is 0 Å². The molecule has 0 unspecified atom stereocenters. The second kappa shape index (κ2) is 7.58. The third-order valence-electron chi connectivity index (χ3n) is 3.79. The van der Waals surface area contributed by atoms with Crippen LogP contribution < -0.4 is 0 Å². The second-order valence-electron chi connectivity index (χ2n) is 5.58. The van der Waals surface area contributed by atoms with Crippen molar-refractivity contribution < 1.29 is 9.72 Å². The molecule has 0 fully saturated rings. The van der Waals surface area contributed by atoms with Crippen LogP contribution in [0.4, 0.5) is 5.69 Å². The van der Waals surface area contributed by atoms with Crippen molar-refractivity contribution in [1.82, 2.24) is 4.90 Å². The van der Waals surface area contributed by atoms with E-state index in [1.54, 1.807) is 46.6 Å². The van der Waals surface area contributed by atoms with Gasteiger partial charge in [-0.3, -0.25) is 14.9 Å². The summed E-state index contributed by atoms with van der Waals surface area (Å²) < 4.78 is 0. The molecule has 0 aliphatic rings. The minimum absolute atomic E-state index is 0.0296. The average molecular weight is 372 g/mol. The third-order valence-corrected chi connectivity index (χ3v) is 5.52. The van der Waals surface area contributed by atoms with Crippen molar-refractivity contribution in [2.75, 3.05) is 0 Å². The normalized spacial score (nSPS) is 10.6. The van der Waals surface area contributed by atoms with Crippen LogP contribution in [0.2, 0.25) is 0 Å². The Balaban J connectivity index is 1.90. The number of rotatable bonds is 6. The van der Waals surface area contributed by atoms with Crippen molar-refractivity contribution in [3.05, 3.63) is 84.2 Å². The Hall–Kier alpha value is -2.51. The minimum atomic E-state index is -0.449. The molecular weight excluding hydrogens is 356 g/mol. The number of nitro groups is 1. The van der Waals surface area contributed by atoms with Crippen molar-refractivity contribution >= 4 is 34.3 Å². The van der Waals surface area contributed by atoms with Crippen molar-refractivity contribution in [3.63, 3.8) is 0 Å². The molecule has 7 heteroatoms. The Morgan fingerprint density at radius 1 is 1.08 bits per heavy atom. The van der Waals surface area contributed by atoms with E-state index in [-0.39, 0.29) is 11.6 Å². The average Bonchev–Trinajstić information content (AvgIpc) is 3.27. The summed E-state index contributed by atoms with van der Waals surface area (Å²) in [5.41, 5.74) is 0.855. The molecular formula is C18H16N2O3S2. The molecule has 0 aliphatic heterocycles. The molecule has 1 aromatic carbocycles. The maximum atomic E-state index is 13.0. The van der Waals surface area contributed by atoms with Gasteiger partial charge in [-0.25, -0.2) is 0 Å². The molecule has 0 spiro atoms. The first-order valence-corrected chi connectivity index (χ1v) is 9.39. The number of carbonyl (C=O) groups excluding carboxylic acids is 1. The Morgan fingerprint density at radius 3 is 2.16 bits per heavy atom. The van der Waals surface area contributed by atoms with Gasteiger partial charge in [0.25, 0.3) is 11.6 Å². The maximum absolute atomic E-state index is 13.0. The van der Waals surface area contributed by atoms with E-state index in [2.05, 4.69) is 0 Å². The highest BCUT2D eigenvalue weighted by Crippen LogP contribution is 2.23. The molecule has 3 rings (SSSR count). The van der Waals surface area contributed by atoms with Crippen LogP contribution in [0.5, 0.6) is 0 Å². The van der Waals surface area contributed by atoms with Gasteiger partial charge in [0.1, 0.15) is 0 Å². The number of hydrogen-bond acceptors (Lipinski definition) is 5. The molecule has 0 saturated carbocycles. The zero-order valence-electron chi connectivity index (χ0n) is 13.5. The molecule has 1 amide bonds. The third kappa shape index (κ3) is 4.12. The van der Waals surface area contributed by atoms with Crippen molar-refractivity contribution in [1.29, 1.82) is 0 Å². The molecule has 0 N–H and O–H groups in total. The Bertz CT molecular complexity index is 838. The molecule has 0 bridgehead atoms. The van der Waals surface area contributed by atoms with Gasteiger partial charge in [0, 0.05) is 26.9 Å². The summed E-state index contributed by atoms with van der Waals surface area (Å²) in [5.74, 6) is -0.204. The lowest BCUT2D eigenvalue weighted by atomic mass is 10.1. The number of amides is 1. The lowest BCUT2D eigenvalue weighted by molar-refractivity contribution is -0.385. The summed E-state index contributed by atoms with van der Waals surface area (Å²) >= 11 is 3.18. The summed E-state index contributed by atoms with van der Waals surface area (Å²) in [6.45, 7) is 2.63. The highest BCUT2D eigenvalue weighted by molar-refractivity contribution is 7.10. The highest BCUT2D eigenvalue weighted by atomic mass is 32.1. The molecule has 2 heterocycles. The Morgan fingerprint density at radius 2 is 1.68 bits per heavy atom. The number of nitro benzene ring substituents is 1. The molecule has 25 heavy (non-hydrogen) atoms. The van der Waals surface area contributed by atoms with Crippen LogP contribution in [0.25, 0.3) is 0 Å². The van der Waals surface area contributed by atoms with Crippen LogP contribution in [0.3, 0.4) is 0 Å². The number of aryl methyl sites for hydroxylation is 1. The van der Waals surface area contributed by atoms with Crippen LogP contribution >= 0.6 is 22.7 Å². The smallest absolute Gasteiger partial charge is 0.273 e. The van der Waals surface area contributed by atoms with Gasteiger partial charge in [-0.2, -0.15) is 0 Å². The first kappa shape index (κ1) is 17.3. The number of carbonyl (C=O) groups is 1. The number of hydrogen-bond donors (Lipinski definition) is 0. The maximum Gasteiger partial charge on any atom is 0.273 e. The van der Waals surface area contributed by atoms with Crippen LogP contribution in [-0.4, -0.2) is 15.7 Å². The topological polar surface area (TPSA) is 63.5 Å². The molecule has 0 saturated heterocycles. The fourth-order valence-electron chi connectivity index (χ4n) is 2.50.